The van der Waals surface area contributed by atoms with Gasteiger partial charge in [0.05, 0.1) is 17.9 Å². The third-order valence-corrected chi connectivity index (χ3v) is 6.21. The molecule has 0 unspecified atom stereocenters. The summed E-state index contributed by atoms with van der Waals surface area (Å²) in [5.41, 5.74) is 2.70. The van der Waals surface area contributed by atoms with E-state index in [9.17, 15) is 14.7 Å². The van der Waals surface area contributed by atoms with Gasteiger partial charge in [0.2, 0.25) is 0 Å². The number of halogens is 1. The van der Waals surface area contributed by atoms with Gasteiger partial charge in [-0.15, -0.1) is 0 Å². The van der Waals surface area contributed by atoms with E-state index in [1.54, 1.807) is 55.9 Å². The Bertz CT molecular complexity index is 1400. The van der Waals surface area contributed by atoms with Crippen LogP contribution in [0.3, 0.4) is 0 Å². The number of Topliss-reactive ketones (excluding diaryl/α,β-unsaturated/α-hetero) is 1. The van der Waals surface area contributed by atoms with Crippen molar-refractivity contribution in [2.75, 3.05) is 11.9 Å². The number of carbonyl (C=O) groups is 2. The van der Waals surface area contributed by atoms with Crippen LogP contribution in [0.4, 0.5) is 5.69 Å². The van der Waals surface area contributed by atoms with Gasteiger partial charge < -0.3 is 20.0 Å². The van der Waals surface area contributed by atoms with E-state index in [2.05, 4.69) is 21.2 Å². The number of rotatable bonds is 9. The third-order valence-electron chi connectivity index (χ3n) is 5.68. The number of aliphatic hydroxyl groups is 1. The molecule has 0 aliphatic heterocycles. The number of aromatic nitrogens is 2. The molecule has 8 heteroatoms. The largest absolute Gasteiger partial charge is 0.485 e. The lowest BCUT2D eigenvalue weighted by Gasteiger charge is -2.23. The van der Waals surface area contributed by atoms with Crippen LogP contribution in [0.2, 0.25) is 0 Å². The molecule has 0 spiro atoms. The first kappa shape index (κ1) is 34.5. The Labute approximate surface area is 258 Å². The molecule has 4 aromatic rings. The zero-order valence-electron chi connectivity index (χ0n) is 25.5. The highest BCUT2D eigenvalue weighted by Crippen LogP contribution is 2.27. The maximum absolute atomic E-state index is 13.2. The zero-order valence-corrected chi connectivity index (χ0v) is 27.1. The number of hydrogen-bond acceptors (Lipinski definition) is 5. The van der Waals surface area contributed by atoms with Gasteiger partial charge in [0.1, 0.15) is 22.8 Å². The lowest BCUT2D eigenvalue weighted by atomic mass is 10.1. The lowest BCUT2D eigenvalue weighted by molar-refractivity contribution is -0.117. The number of para-hydroxylation sites is 1. The van der Waals surface area contributed by atoms with Crippen molar-refractivity contribution in [2.45, 2.75) is 60.5 Å². The standard InChI is InChI=1S/C26H24BrN3O3.C6H12O.C2H6/c1-26(2,17-31)33-22-14-12-20(13-15-22)28-25(32)23-16-30(21-6-4-3-5-7-21)29-24(23)18-8-10-19(27)11-9-18;1-5(2)4-6(3)7;1-2/h3-16,31H,17H2,1-2H3,(H,28,32);5H,4H2,1-3H3;1-2H3. The van der Waals surface area contributed by atoms with Gasteiger partial charge in [0.25, 0.3) is 5.91 Å². The first-order valence-electron chi connectivity index (χ1n) is 14.1. The van der Waals surface area contributed by atoms with Gasteiger partial charge in [-0.1, -0.05) is 74.0 Å². The van der Waals surface area contributed by atoms with Crippen LogP contribution in [-0.2, 0) is 4.79 Å². The highest BCUT2D eigenvalue weighted by atomic mass is 79.9. The van der Waals surface area contributed by atoms with Gasteiger partial charge >= 0.3 is 0 Å². The molecular formula is C34H42BrN3O4. The highest BCUT2D eigenvalue weighted by molar-refractivity contribution is 9.10. The fraction of sp³-hybridized carbons (Fsp3) is 0.324. The van der Waals surface area contributed by atoms with E-state index in [0.29, 0.717) is 28.6 Å². The Morgan fingerprint density at radius 3 is 2.07 bits per heavy atom. The van der Waals surface area contributed by atoms with Crippen LogP contribution >= 0.6 is 15.9 Å². The van der Waals surface area contributed by atoms with Crippen LogP contribution in [0.1, 0.15) is 65.2 Å². The van der Waals surface area contributed by atoms with Crippen molar-refractivity contribution in [1.29, 1.82) is 0 Å². The van der Waals surface area contributed by atoms with E-state index in [-0.39, 0.29) is 18.3 Å². The quantitative estimate of drug-likeness (QED) is 0.193. The maximum Gasteiger partial charge on any atom is 0.259 e. The molecule has 1 aromatic heterocycles. The molecule has 2 N–H and O–H groups in total. The van der Waals surface area contributed by atoms with Crippen molar-refractivity contribution in [3.8, 4) is 22.7 Å². The number of benzene rings is 3. The van der Waals surface area contributed by atoms with E-state index in [1.165, 1.54) is 0 Å². The molecule has 42 heavy (non-hydrogen) atoms. The topological polar surface area (TPSA) is 93.5 Å². The summed E-state index contributed by atoms with van der Waals surface area (Å²) in [6, 6.07) is 24.4. The number of amides is 1. The van der Waals surface area contributed by atoms with Gasteiger partial charge in [-0.25, -0.2) is 4.68 Å². The number of aliphatic hydroxyl groups excluding tert-OH is 1. The maximum atomic E-state index is 13.2. The molecule has 0 aliphatic carbocycles. The third kappa shape index (κ3) is 10.9. The average molecular weight is 637 g/mol. The number of nitrogens with one attached hydrogen (secondary N) is 1. The molecule has 0 atom stereocenters. The molecule has 1 amide bonds. The predicted molar refractivity (Wildman–Crippen MR) is 174 cm³/mol. The molecule has 3 aromatic carbocycles. The smallest absolute Gasteiger partial charge is 0.259 e. The second-order valence-electron chi connectivity index (χ2n) is 10.5. The van der Waals surface area contributed by atoms with E-state index in [1.807, 2.05) is 82.3 Å². The normalized spacial score (nSPS) is 10.6. The molecule has 0 saturated carbocycles. The molecular weight excluding hydrogens is 594 g/mol. The molecule has 1 heterocycles. The van der Waals surface area contributed by atoms with E-state index in [4.69, 9.17) is 9.84 Å². The first-order chi connectivity index (χ1) is 20.0. The molecule has 0 saturated heterocycles. The number of nitrogens with zero attached hydrogens (tertiary/aromatic N) is 2. The second-order valence-corrected chi connectivity index (χ2v) is 11.4. The Morgan fingerprint density at radius 1 is 0.976 bits per heavy atom. The summed E-state index contributed by atoms with van der Waals surface area (Å²) in [4.78, 5) is 23.5. The van der Waals surface area contributed by atoms with Gasteiger partial charge in [0, 0.05) is 28.3 Å². The first-order valence-corrected chi connectivity index (χ1v) is 14.9. The van der Waals surface area contributed by atoms with Crippen molar-refractivity contribution in [3.63, 3.8) is 0 Å². The van der Waals surface area contributed by atoms with E-state index in [0.717, 1.165) is 22.1 Å². The number of ketones is 1. The number of anilines is 1. The van der Waals surface area contributed by atoms with E-state index >= 15 is 0 Å². The molecule has 0 aliphatic rings. The van der Waals surface area contributed by atoms with Crippen molar-refractivity contribution in [2.24, 2.45) is 5.92 Å². The zero-order chi connectivity index (χ0) is 31.3. The summed E-state index contributed by atoms with van der Waals surface area (Å²) in [7, 11) is 0. The second kappa shape index (κ2) is 16.6. The SMILES string of the molecule is CC.CC(=O)CC(C)C.CC(C)(CO)Oc1ccc(NC(=O)c2cn(-c3ccccc3)nc2-c2ccc(Br)cc2)cc1. The van der Waals surface area contributed by atoms with Crippen LogP contribution in [0.5, 0.6) is 5.75 Å². The van der Waals surface area contributed by atoms with Gasteiger partial charge in [-0.3, -0.25) is 4.79 Å². The highest BCUT2D eigenvalue weighted by Gasteiger charge is 2.20. The Morgan fingerprint density at radius 2 is 1.57 bits per heavy atom. The average Bonchev–Trinajstić information content (AvgIpc) is 3.41. The van der Waals surface area contributed by atoms with Crippen LogP contribution in [0.25, 0.3) is 16.9 Å². The van der Waals surface area contributed by atoms with Crippen molar-refractivity contribution in [1.82, 2.24) is 9.78 Å². The van der Waals surface area contributed by atoms with Crippen LogP contribution in [0.15, 0.2) is 89.5 Å². The molecule has 0 fully saturated rings. The lowest BCUT2D eigenvalue weighted by Crippen LogP contribution is -2.32. The van der Waals surface area contributed by atoms with Crippen molar-refractivity contribution in [3.05, 3.63) is 95.1 Å². The fourth-order valence-electron chi connectivity index (χ4n) is 3.81. The number of hydrogen-bond donors (Lipinski definition) is 2. The Kier molecular flexibility index (Phi) is 13.6. The minimum atomic E-state index is -0.684. The van der Waals surface area contributed by atoms with Crippen molar-refractivity contribution < 1.29 is 19.4 Å². The molecule has 4 rings (SSSR count). The summed E-state index contributed by atoms with van der Waals surface area (Å²) in [5.74, 6) is 1.16. The summed E-state index contributed by atoms with van der Waals surface area (Å²) >= 11 is 3.45. The van der Waals surface area contributed by atoms with E-state index < -0.39 is 5.60 Å². The monoisotopic (exact) mass is 635 g/mol. The van der Waals surface area contributed by atoms with Gasteiger partial charge in [-0.2, -0.15) is 5.10 Å². The fourth-order valence-corrected chi connectivity index (χ4v) is 4.07. The Hall–Kier alpha value is -3.75. The van der Waals surface area contributed by atoms with Crippen molar-refractivity contribution >= 4 is 33.3 Å². The summed E-state index contributed by atoms with van der Waals surface area (Å²) < 4.78 is 8.41. The summed E-state index contributed by atoms with van der Waals surface area (Å²) in [6.45, 7) is 13.2. The number of carbonyl (C=O) groups excluding carboxylic acids is 2. The summed E-state index contributed by atoms with van der Waals surface area (Å²) in [6.07, 6.45) is 2.46. The Balaban J connectivity index is 0.000000601. The van der Waals surface area contributed by atoms with Gasteiger partial charge in [0.15, 0.2) is 0 Å². The summed E-state index contributed by atoms with van der Waals surface area (Å²) in [5, 5.41) is 17.0. The van der Waals surface area contributed by atoms with Gasteiger partial charge in [-0.05, 0) is 75.2 Å². The molecule has 7 nitrogen and oxygen atoms in total. The molecule has 0 radical (unpaired) electrons. The van der Waals surface area contributed by atoms with Crippen LogP contribution < -0.4 is 10.1 Å². The molecule has 224 valence electrons. The molecule has 0 bridgehead atoms. The van der Waals surface area contributed by atoms with Crippen LogP contribution in [0, 0.1) is 5.92 Å². The number of ether oxygens (including phenoxy) is 1. The minimum absolute atomic E-state index is 0.101. The van der Waals surface area contributed by atoms with Crippen LogP contribution in [-0.4, -0.2) is 38.8 Å². The predicted octanol–water partition coefficient (Wildman–Crippen LogP) is 8.35. The minimum Gasteiger partial charge on any atom is -0.485 e.